The molecule has 2 aromatic carbocycles. The van der Waals surface area contributed by atoms with Crippen LogP contribution in [0.2, 0.25) is 0 Å². The number of carbonyl (C=O) groups is 1. The number of carbonyl (C=O) groups excluding carboxylic acids is 1. The molecule has 2 N–H and O–H groups in total. The first-order valence-electron chi connectivity index (χ1n) is 7.00. The number of rotatable bonds is 6. The molecule has 0 saturated heterocycles. The number of ether oxygens (including phenoxy) is 1. The Morgan fingerprint density at radius 2 is 1.91 bits per heavy atom. The quantitative estimate of drug-likeness (QED) is 0.635. The number of amides is 1. The van der Waals surface area contributed by atoms with E-state index in [4.69, 9.17) is 4.74 Å². The lowest BCUT2D eigenvalue weighted by Gasteiger charge is -2.09. The number of hydrazone groups is 1. The number of aliphatic hydroxyl groups excluding tert-OH is 1. The van der Waals surface area contributed by atoms with Crippen molar-refractivity contribution in [3.8, 4) is 5.75 Å². The van der Waals surface area contributed by atoms with Gasteiger partial charge in [-0.2, -0.15) is 5.10 Å². The van der Waals surface area contributed by atoms with E-state index < -0.39 is 12.0 Å². The van der Waals surface area contributed by atoms with Crippen molar-refractivity contribution < 1.29 is 14.6 Å². The number of hydrogen-bond acceptors (Lipinski definition) is 4. The highest BCUT2D eigenvalue weighted by atomic mass is 16.5. The van der Waals surface area contributed by atoms with E-state index in [1.165, 1.54) is 6.21 Å². The second-order valence-corrected chi connectivity index (χ2v) is 4.52. The lowest BCUT2D eigenvalue weighted by molar-refractivity contribution is -0.129. The Morgan fingerprint density at radius 1 is 1.23 bits per heavy atom. The number of hydrogen-bond donors (Lipinski definition) is 2. The van der Waals surface area contributed by atoms with E-state index in [2.05, 4.69) is 10.5 Å². The predicted octanol–water partition coefficient (Wildman–Crippen LogP) is 2.27. The largest absolute Gasteiger partial charge is 0.493 e. The molecule has 0 saturated carbocycles. The van der Waals surface area contributed by atoms with Crippen molar-refractivity contribution in [1.82, 2.24) is 5.43 Å². The Morgan fingerprint density at radius 3 is 2.64 bits per heavy atom. The number of nitrogens with one attached hydrogen (secondary N) is 1. The average Bonchev–Trinajstić information content (AvgIpc) is 2.56. The third kappa shape index (κ3) is 4.17. The van der Waals surface area contributed by atoms with Crippen LogP contribution in [-0.2, 0) is 4.79 Å². The molecular formula is C17H18N2O3. The zero-order valence-corrected chi connectivity index (χ0v) is 12.3. The number of aliphatic hydroxyl groups is 1. The van der Waals surface area contributed by atoms with Gasteiger partial charge >= 0.3 is 0 Å². The summed E-state index contributed by atoms with van der Waals surface area (Å²) in [6, 6.07) is 16.1. The molecule has 0 bridgehead atoms. The van der Waals surface area contributed by atoms with Crippen molar-refractivity contribution in [1.29, 1.82) is 0 Å². The SMILES string of the molecule is CCOc1ccccc1/C=N/NC(=O)C(O)c1ccccc1. The minimum Gasteiger partial charge on any atom is -0.493 e. The van der Waals surface area contributed by atoms with Gasteiger partial charge in [-0.15, -0.1) is 0 Å². The molecule has 1 amide bonds. The Hall–Kier alpha value is -2.66. The van der Waals surface area contributed by atoms with Crippen LogP contribution in [0.4, 0.5) is 0 Å². The summed E-state index contributed by atoms with van der Waals surface area (Å²) in [7, 11) is 0. The van der Waals surface area contributed by atoms with Crippen LogP contribution < -0.4 is 10.2 Å². The van der Waals surface area contributed by atoms with Gasteiger partial charge in [-0.05, 0) is 24.6 Å². The van der Waals surface area contributed by atoms with Gasteiger partial charge in [-0.1, -0.05) is 42.5 Å². The maximum atomic E-state index is 11.8. The number of benzene rings is 2. The van der Waals surface area contributed by atoms with Gasteiger partial charge < -0.3 is 9.84 Å². The molecule has 0 aliphatic carbocycles. The topological polar surface area (TPSA) is 70.9 Å². The molecule has 0 radical (unpaired) electrons. The number of para-hydroxylation sites is 1. The van der Waals surface area contributed by atoms with Crippen molar-refractivity contribution in [2.75, 3.05) is 6.61 Å². The number of nitrogens with zero attached hydrogens (tertiary/aromatic N) is 1. The van der Waals surface area contributed by atoms with Crippen LogP contribution in [0.3, 0.4) is 0 Å². The molecule has 0 spiro atoms. The van der Waals surface area contributed by atoms with E-state index in [-0.39, 0.29) is 0 Å². The molecule has 1 unspecified atom stereocenters. The van der Waals surface area contributed by atoms with Gasteiger partial charge in [-0.3, -0.25) is 4.79 Å². The molecule has 5 nitrogen and oxygen atoms in total. The summed E-state index contributed by atoms with van der Waals surface area (Å²) >= 11 is 0. The summed E-state index contributed by atoms with van der Waals surface area (Å²) in [5, 5.41) is 13.8. The van der Waals surface area contributed by atoms with Crippen LogP contribution in [0.1, 0.15) is 24.2 Å². The first-order chi connectivity index (χ1) is 10.7. The molecule has 0 aliphatic heterocycles. The van der Waals surface area contributed by atoms with Crippen LogP contribution in [0, 0.1) is 0 Å². The van der Waals surface area contributed by atoms with Gasteiger partial charge in [0.2, 0.25) is 0 Å². The maximum Gasteiger partial charge on any atom is 0.273 e. The van der Waals surface area contributed by atoms with Crippen molar-refractivity contribution in [3.63, 3.8) is 0 Å². The van der Waals surface area contributed by atoms with E-state index >= 15 is 0 Å². The van der Waals surface area contributed by atoms with E-state index in [1.807, 2.05) is 37.3 Å². The van der Waals surface area contributed by atoms with Gasteiger partial charge in [0.1, 0.15) is 5.75 Å². The van der Waals surface area contributed by atoms with Crippen LogP contribution in [0.25, 0.3) is 0 Å². The van der Waals surface area contributed by atoms with Crippen molar-refractivity contribution in [2.45, 2.75) is 13.0 Å². The zero-order chi connectivity index (χ0) is 15.8. The molecule has 0 heterocycles. The van der Waals surface area contributed by atoms with Gasteiger partial charge in [0, 0.05) is 5.56 Å². The van der Waals surface area contributed by atoms with Crippen LogP contribution in [0.5, 0.6) is 5.75 Å². The van der Waals surface area contributed by atoms with Gasteiger partial charge in [0.15, 0.2) is 6.10 Å². The molecule has 114 valence electrons. The summed E-state index contributed by atoms with van der Waals surface area (Å²) in [4.78, 5) is 11.8. The Bertz CT molecular complexity index is 641. The van der Waals surface area contributed by atoms with E-state index in [0.717, 1.165) is 5.56 Å². The average molecular weight is 298 g/mol. The molecule has 0 fully saturated rings. The van der Waals surface area contributed by atoms with Crippen LogP contribution >= 0.6 is 0 Å². The van der Waals surface area contributed by atoms with E-state index in [0.29, 0.717) is 17.9 Å². The summed E-state index contributed by atoms with van der Waals surface area (Å²) < 4.78 is 5.46. The normalized spacial score (nSPS) is 12.1. The Kier molecular flexibility index (Phi) is 5.68. The molecular weight excluding hydrogens is 280 g/mol. The minimum atomic E-state index is -1.25. The maximum absolute atomic E-state index is 11.8. The standard InChI is InChI=1S/C17H18N2O3/c1-2-22-15-11-7-6-10-14(15)12-18-19-17(21)16(20)13-8-4-3-5-9-13/h3-12,16,20H,2H2,1H3,(H,19,21)/b18-12+. The highest BCUT2D eigenvalue weighted by Crippen LogP contribution is 2.15. The summed E-state index contributed by atoms with van der Waals surface area (Å²) in [6.45, 7) is 2.44. The first-order valence-corrected chi connectivity index (χ1v) is 7.00. The molecule has 1 atom stereocenters. The minimum absolute atomic E-state index is 0.518. The molecule has 22 heavy (non-hydrogen) atoms. The van der Waals surface area contributed by atoms with E-state index in [1.54, 1.807) is 24.3 Å². The lowest BCUT2D eigenvalue weighted by Crippen LogP contribution is -2.25. The van der Waals surface area contributed by atoms with Gasteiger partial charge in [0.05, 0.1) is 12.8 Å². The highest BCUT2D eigenvalue weighted by Gasteiger charge is 2.15. The second kappa shape index (κ2) is 7.95. The third-order valence-electron chi connectivity index (χ3n) is 2.96. The van der Waals surface area contributed by atoms with Crippen LogP contribution in [-0.4, -0.2) is 23.8 Å². The predicted molar refractivity (Wildman–Crippen MR) is 84.7 cm³/mol. The molecule has 2 aromatic rings. The molecule has 2 rings (SSSR count). The summed E-state index contributed by atoms with van der Waals surface area (Å²) in [6.07, 6.45) is 0.237. The first kappa shape index (κ1) is 15.7. The lowest BCUT2D eigenvalue weighted by atomic mass is 10.1. The van der Waals surface area contributed by atoms with Gasteiger partial charge in [-0.25, -0.2) is 5.43 Å². The van der Waals surface area contributed by atoms with Crippen LogP contribution in [0.15, 0.2) is 59.7 Å². The molecule has 0 aromatic heterocycles. The highest BCUT2D eigenvalue weighted by molar-refractivity contribution is 5.86. The van der Waals surface area contributed by atoms with Crippen molar-refractivity contribution in [2.24, 2.45) is 5.10 Å². The monoisotopic (exact) mass is 298 g/mol. The zero-order valence-electron chi connectivity index (χ0n) is 12.3. The van der Waals surface area contributed by atoms with Crippen molar-refractivity contribution >= 4 is 12.1 Å². The second-order valence-electron chi connectivity index (χ2n) is 4.52. The summed E-state index contributed by atoms with van der Waals surface area (Å²) in [5.41, 5.74) is 3.59. The fourth-order valence-corrected chi connectivity index (χ4v) is 1.89. The fraction of sp³-hybridized carbons (Fsp3) is 0.176. The molecule has 5 heteroatoms. The van der Waals surface area contributed by atoms with Crippen molar-refractivity contribution in [3.05, 3.63) is 65.7 Å². The fourth-order valence-electron chi connectivity index (χ4n) is 1.89. The third-order valence-corrected chi connectivity index (χ3v) is 2.96. The Balaban J connectivity index is 1.99. The summed E-state index contributed by atoms with van der Waals surface area (Å²) in [5.74, 6) is 0.1000. The Labute approximate surface area is 129 Å². The smallest absolute Gasteiger partial charge is 0.273 e. The molecule has 0 aliphatic rings. The van der Waals surface area contributed by atoms with E-state index in [9.17, 15) is 9.90 Å². The van der Waals surface area contributed by atoms with Gasteiger partial charge in [0.25, 0.3) is 5.91 Å².